The van der Waals surface area contributed by atoms with E-state index in [2.05, 4.69) is 63.0 Å². The lowest BCUT2D eigenvalue weighted by Gasteiger charge is -2.20. The number of halogens is 1. The van der Waals surface area contributed by atoms with Crippen LogP contribution >= 0.6 is 33.9 Å². The van der Waals surface area contributed by atoms with Gasteiger partial charge in [0.25, 0.3) is 0 Å². The third-order valence-electron chi connectivity index (χ3n) is 3.29. The Hall–Kier alpha value is -0.600. The van der Waals surface area contributed by atoms with Gasteiger partial charge < -0.3 is 10.1 Å². The van der Waals surface area contributed by atoms with Gasteiger partial charge in [-0.1, -0.05) is 13.8 Å². The lowest BCUT2D eigenvalue weighted by atomic mass is 10.1. The van der Waals surface area contributed by atoms with Crippen molar-refractivity contribution >= 4 is 33.9 Å². The molecule has 0 fully saturated rings. The maximum Gasteiger partial charge on any atom is 0.161 e. The van der Waals surface area contributed by atoms with Crippen LogP contribution in [0.4, 0.5) is 0 Å². The predicted octanol–water partition coefficient (Wildman–Crippen LogP) is 4.06. The highest BCUT2D eigenvalue weighted by atomic mass is 127. The van der Waals surface area contributed by atoms with Gasteiger partial charge in [-0.05, 0) is 59.0 Å². The smallest absolute Gasteiger partial charge is 0.161 e. The maximum absolute atomic E-state index is 5.54. The number of methoxy groups -OCH3 is 1. The maximum atomic E-state index is 5.54. The fourth-order valence-corrected chi connectivity index (χ4v) is 3.75. The van der Waals surface area contributed by atoms with Crippen LogP contribution in [0.3, 0.4) is 0 Å². The Morgan fingerprint density at radius 3 is 2.81 bits per heavy atom. The molecule has 0 spiro atoms. The summed E-state index contributed by atoms with van der Waals surface area (Å²) in [6.07, 6.45) is 3.98. The van der Waals surface area contributed by atoms with Gasteiger partial charge in [0.1, 0.15) is 5.69 Å². The van der Waals surface area contributed by atoms with E-state index in [9.17, 15) is 0 Å². The van der Waals surface area contributed by atoms with Gasteiger partial charge in [0.15, 0.2) is 5.75 Å². The molecule has 1 atom stereocenters. The van der Waals surface area contributed by atoms with Crippen molar-refractivity contribution in [3.63, 3.8) is 0 Å². The van der Waals surface area contributed by atoms with Gasteiger partial charge >= 0.3 is 0 Å². The van der Waals surface area contributed by atoms with E-state index in [4.69, 9.17) is 4.74 Å². The predicted molar refractivity (Wildman–Crippen MR) is 96.2 cm³/mol. The highest BCUT2D eigenvalue weighted by Gasteiger charge is 2.23. The van der Waals surface area contributed by atoms with Gasteiger partial charge in [-0.2, -0.15) is 5.10 Å². The van der Waals surface area contributed by atoms with Crippen LogP contribution in [0.25, 0.3) is 0 Å². The molecule has 2 aromatic rings. The van der Waals surface area contributed by atoms with Gasteiger partial charge in [-0.25, -0.2) is 0 Å². The van der Waals surface area contributed by atoms with Gasteiger partial charge in [-0.3, -0.25) is 4.68 Å². The van der Waals surface area contributed by atoms with E-state index in [1.165, 1.54) is 8.45 Å². The quantitative estimate of drug-likeness (QED) is 0.657. The molecule has 21 heavy (non-hydrogen) atoms. The standard InChI is InChI=1S/C15H22IN3OS/c1-4-6-17-14(11-8-13(16)21-10-11)15-12(20-3)9-18-19(15)7-5-2/h8-10,14,17H,4-7H2,1-3H3. The third-order valence-corrected chi connectivity index (χ3v) is 5.10. The van der Waals surface area contributed by atoms with Gasteiger partial charge in [-0.15, -0.1) is 11.3 Å². The van der Waals surface area contributed by atoms with E-state index in [-0.39, 0.29) is 6.04 Å². The Balaban J connectivity index is 2.42. The molecule has 0 bridgehead atoms. The number of nitrogens with one attached hydrogen (secondary N) is 1. The molecule has 116 valence electrons. The van der Waals surface area contributed by atoms with Gasteiger partial charge in [0.2, 0.25) is 0 Å². The van der Waals surface area contributed by atoms with Crippen LogP contribution in [0.1, 0.15) is 44.0 Å². The Bertz CT molecular complexity index is 567. The number of hydrogen-bond acceptors (Lipinski definition) is 4. The molecule has 0 radical (unpaired) electrons. The summed E-state index contributed by atoms with van der Waals surface area (Å²) >= 11 is 4.14. The van der Waals surface area contributed by atoms with E-state index in [0.29, 0.717) is 0 Å². The molecule has 1 N–H and O–H groups in total. The number of ether oxygens (including phenoxy) is 1. The van der Waals surface area contributed by atoms with Crippen molar-refractivity contribution in [1.82, 2.24) is 15.1 Å². The van der Waals surface area contributed by atoms with Crippen molar-refractivity contribution < 1.29 is 4.74 Å². The SMILES string of the molecule is CCCNC(c1csc(I)c1)c1c(OC)cnn1CCC. The van der Waals surface area contributed by atoms with Crippen LogP contribution in [0.5, 0.6) is 5.75 Å². The zero-order chi connectivity index (χ0) is 15.2. The number of rotatable bonds is 8. The van der Waals surface area contributed by atoms with Crippen LogP contribution in [0.2, 0.25) is 0 Å². The second-order valence-electron chi connectivity index (χ2n) is 4.89. The number of hydrogen-bond donors (Lipinski definition) is 1. The van der Waals surface area contributed by atoms with Crippen molar-refractivity contribution in [3.05, 3.63) is 31.8 Å². The minimum Gasteiger partial charge on any atom is -0.493 e. The Morgan fingerprint density at radius 2 is 2.24 bits per heavy atom. The van der Waals surface area contributed by atoms with E-state index in [1.54, 1.807) is 18.4 Å². The average Bonchev–Trinajstić information content (AvgIpc) is 3.07. The first-order valence-electron chi connectivity index (χ1n) is 7.28. The number of aromatic nitrogens is 2. The Labute approximate surface area is 144 Å². The van der Waals surface area contributed by atoms with Crippen molar-refractivity contribution in [1.29, 1.82) is 0 Å². The second kappa shape index (κ2) is 8.14. The summed E-state index contributed by atoms with van der Waals surface area (Å²) < 4.78 is 8.90. The summed E-state index contributed by atoms with van der Waals surface area (Å²) in [4.78, 5) is 0. The molecule has 1 unspecified atom stereocenters. The van der Waals surface area contributed by atoms with Crippen LogP contribution in [-0.4, -0.2) is 23.4 Å². The molecular formula is C15H22IN3OS. The summed E-state index contributed by atoms with van der Waals surface area (Å²) in [6.45, 7) is 6.23. The molecule has 4 nitrogen and oxygen atoms in total. The largest absolute Gasteiger partial charge is 0.493 e. The first-order valence-corrected chi connectivity index (χ1v) is 9.24. The molecular weight excluding hydrogens is 397 g/mol. The van der Waals surface area contributed by atoms with Crippen LogP contribution in [0, 0.1) is 2.88 Å². The normalized spacial score (nSPS) is 12.6. The summed E-state index contributed by atoms with van der Waals surface area (Å²) in [5, 5.41) is 10.3. The monoisotopic (exact) mass is 419 g/mol. The molecule has 0 aliphatic rings. The number of nitrogens with zero attached hydrogens (tertiary/aromatic N) is 2. The highest BCUT2D eigenvalue weighted by molar-refractivity contribution is 14.1. The lowest BCUT2D eigenvalue weighted by molar-refractivity contribution is 0.397. The Kier molecular flexibility index (Phi) is 6.50. The molecule has 0 aliphatic carbocycles. The molecule has 0 amide bonds. The summed E-state index contributed by atoms with van der Waals surface area (Å²) in [5.74, 6) is 0.860. The topological polar surface area (TPSA) is 39.1 Å². The zero-order valence-electron chi connectivity index (χ0n) is 12.7. The Morgan fingerprint density at radius 1 is 1.43 bits per heavy atom. The van der Waals surface area contributed by atoms with E-state index >= 15 is 0 Å². The average molecular weight is 419 g/mol. The minimum absolute atomic E-state index is 0.133. The van der Waals surface area contributed by atoms with Crippen LogP contribution in [-0.2, 0) is 6.54 Å². The van der Waals surface area contributed by atoms with Crippen molar-refractivity contribution in [2.45, 2.75) is 39.3 Å². The fourth-order valence-electron chi connectivity index (χ4n) is 2.35. The second-order valence-corrected chi connectivity index (χ2v) is 7.70. The van der Waals surface area contributed by atoms with Crippen LogP contribution in [0.15, 0.2) is 17.6 Å². The first-order chi connectivity index (χ1) is 10.2. The summed E-state index contributed by atoms with van der Waals surface area (Å²) in [6, 6.07) is 2.37. The summed E-state index contributed by atoms with van der Waals surface area (Å²) in [5.41, 5.74) is 2.41. The molecule has 0 aromatic carbocycles. The molecule has 6 heteroatoms. The molecule has 2 heterocycles. The molecule has 0 aliphatic heterocycles. The third kappa shape index (κ3) is 3.98. The fraction of sp³-hybridized carbons (Fsp3) is 0.533. The van der Waals surface area contributed by atoms with Gasteiger partial charge in [0.05, 0.1) is 22.2 Å². The molecule has 0 saturated carbocycles. The number of thiophene rings is 1. The lowest BCUT2D eigenvalue weighted by Crippen LogP contribution is -2.26. The minimum atomic E-state index is 0.133. The van der Waals surface area contributed by atoms with Crippen LogP contribution < -0.4 is 10.1 Å². The van der Waals surface area contributed by atoms with Crippen molar-refractivity contribution in [2.24, 2.45) is 0 Å². The highest BCUT2D eigenvalue weighted by Crippen LogP contribution is 2.33. The number of aryl methyl sites for hydroxylation is 1. The first kappa shape index (κ1) is 16.8. The van der Waals surface area contributed by atoms with Crippen molar-refractivity contribution in [3.8, 4) is 5.75 Å². The molecule has 0 saturated heterocycles. The molecule has 2 aromatic heterocycles. The van der Waals surface area contributed by atoms with E-state index < -0.39 is 0 Å². The van der Waals surface area contributed by atoms with E-state index in [0.717, 1.165) is 37.4 Å². The zero-order valence-corrected chi connectivity index (χ0v) is 15.7. The van der Waals surface area contributed by atoms with Gasteiger partial charge in [0, 0.05) is 6.54 Å². The summed E-state index contributed by atoms with van der Waals surface area (Å²) in [7, 11) is 1.71. The van der Waals surface area contributed by atoms with Crippen molar-refractivity contribution in [2.75, 3.05) is 13.7 Å². The van der Waals surface area contributed by atoms with E-state index in [1.807, 2.05) is 6.20 Å². The molecule has 2 rings (SSSR count).